The third-order valence-electron chi connectivity index (χ3n) is 4.59. The van der Waals surface area contributed by atoms with Crippen molar-refractivity contribution >= 4 is 32.3 Å². The van der Waals surface area contributed by atoms with Crippen molar-refractivity contribution in [2.24, 2.45) is 0 Å². The number of nitrogens with zero attached hydrogens (tertiary/aromatic N) is 1. The molecule has 0 unspecified atom stereocenters. The van der Waals surface area contributed by atoms with E-state index in [0.717, 1.165) is 32.8 Å². The number of hydrogen-bond donors (Lipinski definition) is 0. The Morgan fingerprint density at radius 2 is 1.56 bits per heavy atom. The summed E-state index contributed by atoms with van der Waals surface area (Å²) < 4.78 is 7.48. The van der Waals surface area contributed by atoms with Crippen LogP contribution in [0.25, 0.3) is 31.6 Å². The predicted molar refractivity (Wildman–Crippen MR) is 113 cm³/mol. The molecule has 0 saturated heterocycles. The highest BCUT2D eigenvalue weighted by Crippen LogP contribution is 2.36. The Balaban J connectivity index is 1.59. The van der Waals surface area contributed by atoms with Crippen LogP contribution in [0.15, 0.2) is 91.0 Å². The number of hydrogen-bond acceptors (Lipinski definition) is 3. The van der Waals surface area contributed by atoms with Gasteiger partial charge in [0.25, 0.3) is 0 Å². The molecule has 2 heterocycles. The molecule has 0 amide bonds. The maximum Gasteiger partial charge on any atom is 0.131 e. The summed E-state index contributed by atoms with van der Waals surface area (Å²) in [6, 6.07) is 31.1. The average molecular weight is 367 g/mol. The van der Waals surface area contributed by atoms with Crippen LogP contribution in [0.4, 0.5) is 0 Å². The minimum absolute atomic E-state index is 0.542. The van der Waals surface area contributed by atoms with Crippen LogP contribution in [-0.2, 0) is 6.61 Å². The van der Waals surface area contributed by atoms with Gasteiger partial charge in [-0.2, -0.15) is 0 Å². The lowest BCUT2D eigenvalue weighted by atomic mass is 10.1. The van der Waals surface area contributed by atoms with Gasteiger partial charge in [-0.15, -0.1) is 11.3 Å². The van der Waals surface area contributed by atoms with Crippen LogP contribution in [0.3, 0.4) is 0 Å². The van der Waals surface area contributed by atoms with E-state index in [0.29, 0.717) is 6.61 Å². The van der Waals surface area contributed by atoms with Gasteiger partial charge in [-0.1, -0.05) is 60.7 Å². The first-order valence-electron chi connectivity index (χ1n) is 8.92. The van der Waals surface area contributed by atoms with Gasteiger partial charge < -0.3 is 4.74 Å². The van der Waals surface area contributed by atoms with Crippen molar-refractivity contribution in [2.75, 3.05) is 0 Å². The van der Waals surface area contributed by atoms with Gasteiger partial charge in [0.1, 0.15) is 12.4 Å². The lowest BCUT2D eigenvalue weighted by Crippen LogP contribution is -1.97. The monoisotopic (exact) mass is 367 g/mol. The first kappa shape index (κ1) is 16.0. The number of fused-ring (bicyclic) bond motifs is 2. The maximum atomic E-state index is 6.21. The van der Waals surface area contributed by atoms with E-state index in [1.807, 2.05) is 36.4 Å². The van der Waals surface area contributed by atoms with Gasteiger partial charge in [-0.05, 0) is 35.2 Å². The quantitative estimate of drug-likeness (QED) is 0.353. The third kappa shape index (κ3) is 3.18. The molecule has 2 aromatic heterocycles. The summed E-state index contributed by atoms with van der Waals surface area (Å²) in [6.45, 7) is 0.542. The molecule has 0 aliphatic heterocycles. The first-order valence-corrected chi connectivity index (χ1v) is 9.74. The van der Waals surface area contributed by atoms with Gasteiger partial charge in [-0.25, -0.2) is 4.98 Å². The van der Waals surface area contributed by atoms with Crippen LogP contribution in [0.5, 0.6) is 5.75 Å². The zero-order chi connectivity index (χ0) is 18.1. The number of ether oxygens (including phenoxy) is 1. The standard InChI is InChI=1S/C24H17NOS/c1-2-8-17(9-3-1)16-26-22-15-21(25-20-12-6-5-11-19(20)22)24-14-18-10-4-7-13-23(18)27-24/h1-15H,16H2. The minimum Gasteiger partial charge on any atom is -0.488 e. The molecule has 5 rings (SSSR count). The van der Waals surface area contributed by atoms with E-state index in [1.165, 1.54) is 10.1 Å². The first-order chi connectivity index (χ1) is 13.4. The van der Waals surface area contributed by atoms with Gasteiger partial charge in [0.2, 0.25) is 0 Å². The molecule has 0 spiro atoms. The minimum atomic E-state index is 0.542. The van der Waals surface area contributed by atoms with E-state index in [9.17, 15) is 0 Å². The average Bonchev–Trinajstić information content (AvgIpc) is 3.17. The van der Waals surface area contributed by atoms with Crippen molar-refractivity contribution in [1.29, 1.82) is 0 Å². The van der Waals surface area contributed by atoms with Gasteiger partial charge in [-0.3, -0.25) is 0 Å². The lowest BCUT2D eigenvalue weighted by molar-refractivity contribution is 0.310. The highest BCUT2D eigenvalue weighted by atomic mass is 32.1. The number of benzene rings is 3. The Labute approximate surface area is 161 Å². The highest BCUT2D eigenvalue weighted by molar-refractivity contribution is 7.22. The smallest absolute Gasteiger partial charge is 0.131 e. The molecule has 5 aromatic rings. The SMILES string of the molecule is c1ccc(COc2cc(-c3cc4ccccc4s3)nc3ccccc23)cc1. The van der Waals surface area contributed by atoms with E-state index >= 15 is 0 Å². The van der Waals surface area contributed by atoms with Gasteiger partial charge >= 0.3 is 0 Å². The fourth-order valence-electron chi connectivity index (χ4n) is 3.23. The highest BCUT2D eigenvalue weighted by Gasteiger charge is 2.11. The van der Waals surface area contributed by atoms with E-state index in [1.54, 1.807) is 11.3 Å². The molecule has 130 valence electrons. The van der Waals surface area contributed by atoms with E-state index in [2.05, 4.69) is 54.6 Å². The summed E-state index contributed by atoms with van der Waals surface area (Å²) in [6.07, 6.45) is 0. The molecular formula is C24H17NOS. The van der Waals surface area contributed by atoms with Crippen LogP contribution in [-0.4, -0.2) is 4.98 Å². The van der Waals surface area contributed by atoms with Crippen molar-refractivity contribution in [3.05, 3.63) is 96.6 Å². The largest absolute Gasteiger partial charge is 0.488 e. The Bertz CT molecular complexity index is 1190. The van der Waals surface area contributed by atoms with Crippen LogP contribution in [0.1, 0.15) is 5.56 Å². The second kappa shape index (κ2) is 6.86. The van der Waals surface area contributed by atoms with Gasteiger partial charge in [0.05, 0.1) is 16.1 Å². The van der Waals surface area contributed by atoms with Gasteiger partial charge in [0.15, 0.2) is 0 Å². The van der Waals surface area contributed by atoms with Crippen molar-refractivity contribution < 1.29 is 4.74 Å². The molecule has 0 radical (unpaired) electrons. The number of rotatable bonds is 4. The lowest BCUT2D eigenvalue weighted by Gasteiger charge is -2.11. The van der Waals surface area contributed by atoms with Crippen molar-refractivity contribution in [1.82, 2.24) is 4.98 Å². The maximum absolute atomic E-state index is 6.21. The Morgan fingerprint density at radius 1 is 0.778 bits per heavy atom. The Morgan fingerprint density at radius 3 is 2.44 bits per heavy atom. The van der Waals surface area contributed by atoms with Crippen molar-refractivity contribution in [3.63, 3.8) is 0 Å². The predicted octanol–water partition coefficient (Wildman–Crippen LogP) is 6.70. The van der Waals surface area contributed by atoms with E-state index in [-0.39, 0.29) is 0 Å². The molecular weight excluding hydrogens is 350 g/mol. The van der Waals surface area contributed by atoms with Crippen LogP contribution < -0.4 is 4.74 Å². The molecule has 27 heavy (non-hydrogen) atoms. The normalized spacial score (nSPS) is 11.1. The molecule has 0 atom stereocenters. The zero-order valence-corrected chi connectivity index (χ0v) is 15.4. The molecule has 3 heteroatoms. The summed E-state index contributed by atoms with van der Waals surface area (Å²) in [5.41, 5.74) is 3.07. The molecule has 2 nitrogen and oxygen atoms in total. The number of para-hydroxylation sites is 1. The Kier molecular flexibility index (Phi) is 4.07. The molecule has 0 aliphatic rings. The second-order valence-corrected chi connectivity index (χ2v) is 7.53. The Hall–Kier alpha value is -3.17. The molecule has 0 saturated carbocycles. The summed E-state index contributed by atoms with van der Waals surface area (Å²) in [7, 11) is 0. The van der Waals surface area contributed by atoms with Crippen molar-refractivity contribution in [2.45, 2.75) is 6.61 Å². The van der Waals surface area contributed by atoms with Crippen LogP contribution >= 0.6 is 11.3 Å². The van der Waals surface area contributed by atoms with E-state index in [4.69, 9.17) is 9.72 Å². The van der Waals surface area contributed by atoms with Crippen molar-refractivity contribution in [3.8, 4) is 16.3 Å². The number of pyridine rings is 1. The molecule has 3 aromatic carbocycles. The summed E-state index contributed by atoms with van der Waals surface area (Å²) >= 11 is 1.76. The third-order valence-corrected chi connectivity index (χ3v) is 5.73. The van der Waals surface area contributed by atoms with Crippen LogP contribution in [0.2, 0.25) is 0 Å². The van der Waals surface area contributed by atoms with Crippen LogP contribution in [0, 0.1) is 0 Å². The topological polar surface area (TPSA) is 22.1 Å². The number of aromatic nitrogens is 1. The molecule has 0 N–H and O–H groups in total. The fraction of sp³-hybridized carbons (Fsp3) is 0.0417. The molecule has 0 fully saturated rings. The van der Waals surface area contributed by atoms with Gasteiger partial charge in [0, 0.05) is 16.2 Å². The number of thiophene rings is 1. The molecule has 0 aliphatic carbocycles. The summed E-state index contributed by atoms with van der Waals surface area (Å²) in [4.78, 5) is 6.05. The molecule has 0 bridgehead atoms. The zero-order valence-electron chi connectivity index (χ0n) is 14.6. The summed E-state index contributed by atoms with van der Waals surface area (Å²) in [5, 5.41) is 2.29. The fourth-order valence-corrected chi connectivity index (χ4v) is 4.26. The second-order valence-electron chi connectivity index (χ2n) is 6.45. The van der Waals surface area contributed by atoms with E-state index < -0.39 is 0 Å². The summed E-state index contributed by atoms with van der Waals surface area (Å²) in [5.74, 6) is 0.872.